The number of hydrogen-bond acceptors (Lipinski definition) is 3. The predicted octanol–water partition coefficient (Wildman–Crippen LogP) is 2.88. The molecule has 1 aromatic heterocycles. The van der Waals surface area contributed by atoms with E-state index in [1.165, 1.54) is 11.3 Å². The number of rotatable bonds is 5. The fraction of sp³-hybridized carbons (Fsp3) is 0.312. The van der Waals surface area contributed by atoms with Gasteiger partial charge >= 0.3 is 0 Å². The minimum absolute atomic E-state index is 0.544. The van der Waals surface area contributed by atoms with Crippen LogP contribution < -0.4 is 10.6 Å². The summed E-state index contributed by atoms with van der Waals surface area (Å²) in [6, 6.07) is 12.6. The van der Waals surface area contributed by atoms with Crippen molar-refractivity contribution < 1.29 is 0 Å². The van der Waals surface area contributed by atoms with Crippen molar-refractivity contribution >= 4 is 5.69 Å². The first-order chi connectivity index (χ1) is 9.24. The van der Waals surface area contributed by atoms with Gasteiger partial charge in [-0.15, -0.1) is 0 Å². The third-order valence-corrected chi connectivity index (χ3v) is 3.31. The third kappa shape index (κ3) is 3.32. The van der Waals surface area contributed by atoms with Gasteiger partial charge in [0.15, 0.2) is 0 Å². The molecule has 100 valence electrons. The summed E-state index contributed by atoms with van der Waals surface area (Å²) in [5.41, 5.74) is 10.3. The Bertz CT molecular complexity index is 520. The number of nitrogens with zero attached hydrogens (tertiary/aromatic N) is 2. The summed E-state index contributed by atoms with van der Waals surface area (Å²) < 4.78 is 0. The fourth-order valence-corrected chi connectivity index (χ4v) is 2.15. The summed E-state index contributed by atoms with van der Waals surface area (Å²) in [6.07, 6.45) is 1.86. The van der Waals surface area contributed by atoms with Crippen LogP contribution in [0.25, 0.3) is 0 Å². The highest BCUT2D eigenvalue weighted by Gasteiger charge is 2.08. The lowest BCUT2D eigenvalue weighted by Gasteiger charge is -2.24. The Morgan fingerprint density at radius 1 is 1.16 bits per heavy atom. The highest BCUT2D eigenvalue weighted by atomic mass is 15.1. The second-order valence-electron chi connectivity index (χ2n) is 4.66. The molecule has 2 rings (SSSR count). The summed E-state index contributed by atoms with van der Waals surface area (Å²) >= 11 is 0. The maximum atomic E-state index is 5.59. The Morgan fingerprint density at radius 3 is 2.53 bits per heavy atom. The lowest BCUT2D eigenvalue weighted by Crippen LogP contribution is -2.23. The molecule has 2 aromatic rings. The van der Waals surface area contributed by atoms with Crippen LogP contribution in [0.1, 0.15) is 23.7 Å². The Hall–Kier alpha value is -1.87. The lowest BCUT2D eigenvalue weighted by atomic mass is 10.1. The molecule has 19 heavy (non-hydrogen) atoms. The Labute approximate surface area is 115 Å². The smallest absolute Gasteiger partial charge is 0.0602 e. The van der Waals surface area contributed by atoms with E-state index in [1.807, 2.05) is 12.3 Å². The highest BCUT2D eigenvalue weighted by molar-refractivity contribution is 5.53. The van der Waals surface area contributed by atoms with Crippen LogP contribution in [0.15, 0.2) is 42.6 Å². The van der Waals surface area contributed by atoms with E-state index in [9.17, 15) is 0 Å². The number of aryl methyl sites for hydroxylation is 1. The number of pyridine rings is 1. The maximum absolute atomic E-state index is 5.59. The van der Waals surface area contributed by atoms with E-state index in [0.29, 0.717) is 6.54 Å². The van der Waals surface area contributed by atoms with E-state index in [2.05, 4.69) is 54.1 Å². The number of hydrogen-bond donors (Lipinski definition) is 1. The molecule has 3 nitrogen and oxygen atoms in total. The third-order valence-electron chi connectivity index (χ3n) is 3.31. The quantitative estimate of drug-likeness (QED) is 0.893. The van der Waals surface area contributed by atoms with Crippen molar-refractivity contribution in [2.24, 2.45) is 5.73 Å². The molecule has 0 aliphatic rings. The second-order valence-corrected chi connectivity index (χ2v) is 4.66. The Morgan fingerprint density at radius 2 is 1.95 bits per heavy atom. The predicted molar refractivity (Wildman–Crippen MR) is 80.0 cm³/mol. The maximum Gasteiger partial charge on any atom is 0.0602 e. The molecule has 1 aromatic carbocycles. The molecule has 2 N–H and O–H groups in total. The van der Waals surface area contributed by atoms with E-state index >= 15 is 0 Å². The van der Waals surface area contributed by atoms with Crippen molar-refractivity contribution in [1.82, 2.24) is 4.98 Å². The van der Waals surface area contributed by atoms with Crippen molar-refractivity contribution in [2.45, 2.75) is 26.9 Å². The van der Waals surface area contributed by atoms with Gasteiger partial charge in [-0.2, -0.15) is 0 Å². The van der Waals surface area contributed by atoms with Gasteiger partial charge in [-0.1, -0.05) is 24.3 Å². The van der Waals surface area contributed by atoms with Crippen LogP contribution in [0.3, 0.4) is 0 Å². The van der Waals surface area contributed by atoms with Crippen LogP contribution in [0.2, 0.25) is 0 Å². The van der Waals surface area contributed by atoms with Crippen molar-refractivity contribution in [3.05, 3.63) is 59.4 Å². The van der Waals surface area contributed by atoms with Gasteiger partial charge in [-0.25, -0.2) is 0 Å². The molecule has 0 unspecified atom stereocenters. The Balaban J connectivity index is 2.17. The van der Waals surface area contributed by atoms with Crippen LogP contribution in [0.4, 0.5) is 5.69 Å². The molecule has 0 spiro atoms. The molecule has 0 bridgehead atoms. The number of para-hydroxylation sites is 1. The van der Waals surface area contributed by atoms with E-state index < -0.39 is 0 Å². The van der Waals surface area contributed by atoms with Crippen LogP contribution in [0.5, 0.6) is 0 Å². The van der Waals surface area contributed by atoms with Crippen molar-refractivity contribution in [3.63, 3.8) is 0 Å². The largest absolute Gasteiger partial charge is 0.366 e. The van der Waals surface area contributed by atoms with Crippen molar-refractivity contribution in [3.8, 4) is 0 Å². The van der Waals surface area contributed by atoms with E-state index in [1.54, 1.807) is 0 Å². The number of anilines is 1. The normalized spacial score (nSPS) is 10.5. The summed E-state index contributed by atoms with van der Waals surface area (Å²) in [4.78, 5) is 6.80. The molecule has 0 saturated heterocycles. The Kier molecular flexibility index (Phi) is 4.53. The van der Waals surface area contributed by atoms with Crippen molar-refractivity contribution in [2.75, 3.05) is 11.4 Å². The topological polar surface area (TPSA) is 42.1 Å². The van der Waals surface area contributed by atoms with Gasteiger partial charge in [0.05, 0.1) is 12.2 Å². The fourth-order valence-electron chi connectivity index (χ4n) is 2.15. The first-order valence-electron chi connectivity index (χ1n) is 6.69. The molecule has 0 atom stereocenters. The first kappa shape index (κ1) is 13.6. The molecule has 0 aliphatic heterocycles. The molecule has 0 aliphatic carbocycles. The van der Waals surface area contributed by atoms with E-state index in [-0.39, 0.29) is 0 Å². The average molecular weight is 255 g/mol. The number of aromatic nitrogens is 1. The van der Waals surface area contributed by atoms with Crippen LogP contribution >= 0.6 is 0 Å². The van der Waals surface area contributed by atoms with Crippen LogP contribution in [0, 0.1) is 6.92 Å². The zero-order valence-electron chi connectivity index (χ0n) is 11.6. The molecular weight excluding hydrogens is 234 g/mol. The highest BCUT2D eigenvalue weighted by Crippen LogP contribution is 2.20. The summed E-state index contributed by atoms with van der Waals surface area (Å²) in [5.74, 6) is 0. The zero-order valence-corrected chi connectivity index (χ0v) is 11.6. The van der Waals surface area contributed by atoms with Gasteiger partial charge in [0.2, 0.25) is 0 Å². The minimum Gasteiger partial charge on any atom is -0.366 e. The van der Waals surface area contributed by atoms with E-state index in [4.69, 9.17) is 5.73 Å². The molecule has 0 radical (unpaired) electrons. The zero-order chi connectivity index (χ0) is 13.7. The van der Waals surface area contributed by atoms with Gasteiger partial charge < -0.3 is 10.6 Å². The molecule has 1 heterocycles. The van der Waals surface area contributed by atoms with Crippen molar-refractivity contribution in [1.29, 1.82) is 0 Å². The number of benzene rings is 1. The van der Waals surface area contributed by atoms with Gasteiger partial charge in [0, 0.05) is 25.0 Å². The number of nitrogens with two attached hydrogens (primary N) is 1. The van der Waals surface area contributed by atoms with E-state index in [0.717, 1.165) is 24.3 Å². The molecular formula is C16H21N3. The lowest BCUT2D eigenvalue weighted by molar-refractivity contribution is 0.804. The van der Waals surface area contributed by atoms with Gasteiger partial charge in [0.1, 0.15) is 0 Å². The second kappa shape index (κ2) is 6.34. The molecule has 0 saturated carbocycles. The minimum atomic E-state index is 0.544. The van der Waals surface area contributed by atoms with Gasteiger partial charge in [-0.05, 0) is 37.1 Å². The first-order valence-corrected chi connectivity index (χ1v) is 6.69. The summed E-state index contributed by atoms with van der Waals surface area (Å²) in [6.45, 7) is 6.64. The van der Waals surface area contributed by atoms with Crippen LogP contribution in [-0.2, 0) is 13.1 Å². The molecule has 0 fully saturated rings. The average Bonchev–Trinajstić information content (AvgIpc) is 2.46. The van der Waals surface area contributed by atoms with Crippen LogP contribution in [-0.4, -0.2) is 11.5 Å². The summed E-state index contributed by atoms with van der Waals surface area (Å²) in [5, 5.41) is 0. The molecule has 0 amide bonds. The SMILES string of the molecule is CCN(Cc1ccc(CN)cn1)c1ccccc1C. The summed E-state index contributed by atoms with van der Waals surface area (Å²) in [7, 11) is 0. The van der Waals surface area contributed by atoms with Gasteiger partial charge in [0.25, 0.3) is 0 Å². The monoisotopic (exact) mass is 255 g/mol. The standard InChI is InChI=1S/C16H21N3/c1-3-19(16-7-5-4-6-13(16)2)12-15-9-8-14(10-17)11-18-15/h4-9,11H,3,10,12,17H2,1-2H3. The van der Waals surface area contributed by atoms with Gasteiger partial charge in [-0.3, -0.25) is 4.98 Å². The molecule has 3 heteroatoms.